The maximum atomic E-state index is 15.5. The molecule has 0 radical (unpaired) electrons. The number of anilines is 1. The molecule has 9 heteroatoms. The molecule has 2 aliphatic rings. The highest BCUT2D eigenvalue weighted by atomic mass is 19.1. The van der Waals surface area contributed by atoms with Gasteiger partial charge in [-0.05, 0) is 18.6 Å². The molecule has 0 amide bonds. The minimum absolute atomic E-state index is 0.0701. The van der Waals surface area contributed by atoms with Crippen LogP contribution in [0.15, 0.2) is 47.4 Å². The van der Waals surface area contributed by atoms with Crippen LogP contribution in [0.5, 0.6) is 5.75 Å². The van der Waals surface area contributed by atoms with E-state index in [4.69, 9.17) is 4.74 Å². The molecular weight excluding hydrogens is 431 g/mol. The molecule has 0 aliphatic carbocycles. The Hall–Kier alpha value is -3.88. The van der Waals surface area contributed by atoms with Crippen molar-refractivity contribution in [2.24, 2.45) is 5.92 Å². The first-order valence-electron chi connectivity index (χ1n) is 10.6. The van der Waals surface area contributed by atoms with E-state index < -0.39 is 34.7 Å². The highest BCUT2D eigenvalue weighted by molar-refractivity contribution is 5.97. The zero-order valence-corrected chi connectivity index (χ0v) is 17.7. The van der Waals surface area contributed by atoms with Gasteiger partial charge in [-0.25, -0.2) is 9.18 Å². The number of carboxylic acids is 2. The van der Waals surface area contributed by atoms with Crippen molar-refractivity contribution < 1.29 is 28.9 Å². The lowest BCUT2D eigenvalue weighted by Crippen LogP contribution is -2.29. The fraction of sp³-hybridized carbons (Fsp3) is 0.292. The van der Waals surface area contributed by atoms with Crippen LogP contribution in [0.3, 0.4) is 0 Å². The van der Waals surface area contributed by atoms with Gasteiger partial charge in [0.15, 0.2) is 11.6 Å². The second-order valence-electron chi connectivity index (χ2n) is 8.54. The van der Waals surface area contributed by atoms with Crippen molar-refractivity contribution in [3.05, 3.63) is 69.8 Å². The Kier molecular flexibility index (Phi) is 4.84. The number of carboxylic acid groups (broad SMARTS) is 2. The van der Waals surface area contributed by atoms with Gasteiger partial charge in [0.1, 0.15) is 17.9 Å². The predicted octanol–water partition coefficient (Wildman–Crippen LogP) is 3.10. The van der Waals surface area contributed by atoms with E-state index in [1.165, 1.54) is 6.20 Å². The first-order chi connectivity index (χ1) is 15.8. The number of benzene rings is 2. The summed E-state index contributed by atoms with van der Waals surface area (Å²) >= 11 is 0. The summed E-state index contributed by atoms with van der Waals surface area (Å²) in [6, 6.07) is 9.98. The van der Waals surface area contributed by atoms with Gasteiger partial charge in [0.05, 0.1) is 22.9 Å². The van der Waals surface area contributed by atoms with Crippen molar-refractivity contribution in [2.45, 2.75) is 18.9 Å². The van der Waals surface area contributed by atoms with Gasteiger partial charge in [0.25, 0.3) is 0 Å². The number of aromatic nitrogens is 1. The Morgan fingerprint density at radius 3 is 2.55 bits per heavy atom. The number of aliphatic carboxylic acids is 1. The fourth-order valence-corrected chi connectivity index (χ4v) is 4.93. The second kappa shape index (κ2) is 7.61. The van der Waals surface area contributed by atoms with E-state index in [-0.39, 0.29) is 48.5 Å². The monoisotopic (exact) mass is 452 g/mol. The zero-order valence-electron chi connectivity index (χ0n) is 17.7. The summed E-state index contributed by atoms with van der Waals surface area (Å²) in [6.07, 6.45) is 1.27. The van der Waals surface area contributed by atoms with E-state index in [0.717, 1.165) is 11.6 Å². The number of ether oxygens (including phenoxy) is 1. The van der Waals surface area contributed by atoms with Gasteiger partial charge in [-0.3, -0.25) is 9.59 Å². The highest BCUT2D eigenvalue weighted by Crippen LogP contribution is 2.45. The normalized spacial score (nSPS) is 21.8. The number of aromatic carboxylic acids is 1. The number of carbonyl (C=O) groups is 2. The Labute approximate surface area is 187 Å². The molecule has 2 aromatic carbocycles. The topological polar surface area (TPSA) is 109 Å². The van der Waals surface area contributed by atoms with Crippen molar-refractivity contribution >= 4 is 28.5 Å². The average molecular weight is 452 g/mol. The third-order valence-corrected chi connectivity index (χ3v) is 6.55. The molecule has 0 spiro atoms. The third kappa shape index (κ3) is 3.23. The van der Waals surface area contributed by atoms with Crippen LogP contribution < -0.4 is 15.1 Å². The Morgan fingerprint density at radius 2 is 1.88 bits per heavy atom. The molecule has 3 heterocycles. The quantitative estimate of drug-likeness (QED) is 0.626. The summed E-state index contributed by atoms with van der Waals surface area (Å²) < 4.78 is 23.0. The molecule has 33 heavy (non-hydrogen) atoms. The molecule has 1 unspecified atom stereocenters. The molecule has 170 valence electrons. The number of hydrogen-bond donors (Lipinski definition) is 2. The minimum Gasteiger partial charge on any atom is -0.487 e. The minimum atomic E-state index is -1.38. The first-order valence-corrected chi connectivity index (χ1v) is 10.6. The standard InChI is InChI=1S/C24H21FN2O6/c1-12-11-33-22-19-14(21(28)17(24(31)32)10-27(12)19)7-18(25)20(22)26-8-15(16(9-26)23(29)30)13-5-3-2-4-6-13/h2-7,10,12,15-16H,8-9,11H2,1H3,(H,29,30)(H,31,32)/t12-,15?,16-/m0/s1. The van der Waals surface area contributed by atoms with E-state index in [1.54, 1.807) is 9.47 Å². The third-order valence-electron chi connectivity index (χ3n) is 6.55. The van der Waals surface area contributed by atoms with Gasteiger partial charge in [0, 0.05) is 25.2 Å². The van der Waals surface area contributed by atoms with E-state index >= 15 is 4.39 Å². The van der Waals surface area contributed by atoms with E-state index in [0.29, 0.717) is 5.52 Å². The van der Waals surface area contributed by atoms with Crippen LogP contribution in [0.2, 0.25) is 0 Å². The van der Waals surface area contributed by atoms with E-state index in [1.807, 2.05) is 37.3 Å². The second-order valence-corrected chi connectivity index (χ2v) is 8.54. The van der Waals surface area contributed by atoms with Crippen LogP contribution in [-0.4, -0.2) is 46.4 Å². The molecule has 3 aromatic rings. The first kappa shape index (κ1) is 21.0. The predicted molar refractivity (Wildman–Crippen MR) is 118 cm³/mol. The van der Waals surface area contributed by atoms with Crippen LogP contribution in [0.1, 0.15) is 34.8 Å². The molecule has 8 nitrogen and oxygen atoms in total. The average Bonchev–Trinajstić information content (AvgIpc) is 3.23. The summed E-state index contributed by atoms with van der Waals surface area (Å²) in [7, 11) is 0. The van der Waals surface area contributed by atoms with E-state index in [2.05, 4.69) is 0 Å². The Bertz CT molecular complexity index is 1350. The van der Waals surface area contributed by atoms with Gasteiger partial charge in [-0.1, -0.05) is 30.3 Å². The van der Waals surface area contributed by atoms with Gasteiger partial charge in [-0.2, -0.15) is 0 Å². The summed E-state index contributed by atoms with van der Waals surface area (Å²) in [5.41, 5.74) is 0.0287. The summed E-state index contributed by atoms with van der Waals surface area (Å²) in [4.78, 5) is 38.0. The largest absolute Gasteiger partial charge is 0.487 e. The lowest BCUT2D eigenvalue weighted by molar-refractivity contribution is -0.141. The van der Waals surface area contributed by atoms with Crippen LogP contribution in [0, 0.1) is 11.7 Å². The van der Waals surface area contributed by atoms with E-state index in [9.17, 15) is 24.6 Å². The molecule has 0 bridgehead atoms. The molecule has 2 N–H and O–H groups in total. The van der Waals surface area contributed by atoms with Gasteiger partial charge >= 0.3 is 11.9 Å². The Balaban J connectivity index is 1.69. The fourth-order valence-electron chi connectivity index (χ4n) is 4.93. The van der Waals surface area contributed by atoms with Crippen LogP contribution in [-0.2, 0) is 4.79 Å². The number of hydrogen-bond acceptors (Lipinski definition) is 5. The lowest BCUT2D eigenvalue weighted by Gasteiger charge is -2.31. The summed E-state index contributed by atoms with van der Waals surface area (Å²) in [5.74, 6) is -4.09. The Morgan fingerprint density at radius 1 is 1.15 bits per heavy atom. The van der Waals surface area contributed by atoms with Crippen molar-refractivity contribution in [1.29, 1.82) is 0 Å². The van der Waals surface area contributed by atoms with Crippen LogP contribution >= 0.6 is 0 Å². The highest BCUT2D eigenvalue weighted by Gasteiger charge is 2.41. The summed E-state index contributed by atoms with van der Waals surface area (Å²) in [5, 5.41) is 19.2. The van der Waals surface area contributed by atoms with Crippen LogP contribution in [0.25, 0.3) is 10.9 Å². The number of pyridine rings is 1. The molecular formula is C24H21FN2O6. The molecule has 1 fully saturated rings. The van der Waals surface area contributed by atoms with Gasteiger partial charge in [0.2, 0.25) is 5.43 Å². The smallest absolute Gasteiger partial charge is 0.341 e. The molecule has 1 saturated heterocycles. The van der Waals surface area contributed by atoms with Crippen molar-refractivity contribution in [1.82, 2.24) is 4.57 Å². The van der Waals surface area contributed by atoms with Crippen molar-refractivity contribution in [3.8, 4) is 5.75 Å². The zero-order chi connectivity index (χ0) is 23.4. The summed E-state index contributed by atoms with van der Waals surface area (Å²) in [6.45, 7) is 2.29. The van der Waals surface area contributed by atoms with Crippen molar-refractivity contribution in [2.75, 3.05) is 24.6 Å². The van der Waals surface area contributed by atoms with Crippen molar-refractivity contribution in [3.63, 3.8) is 0 Å². The van der Waals surface area contributed by atoms with Crippen LogP contribution in [0.4, 0.5) is 10.1 Å². The van der Waals surface area contributed by atoms with Gasteiger partial charge in [-0.15, -0.1) is 0 Å². The number of rotatable bonds is 4. The number of nitrogens with zero attached hydrogens (tertiary/aromatic N) is 2. The SMILES string of the molecule is C[C@H]1COc2c(N3CC(c4ccccc4)[C@@H](C(=O)O)C3)c(F)cc3c(=O)c(C(=O)O)cn1c23. The molecule has 3 atom stereocenters. The lowest BCUT2D eigenvalue weighted by atomic mass is 9.89. The molecule has 1 aromatic heterocycles. The number of halogens is 1. The van der Waals surface area contributed by atoms with Gasteiger partial charge < -0.3 is 24.4 Å². The maximum absolute atomic E-state index is 15.5. The molecule has 2 aliphatic heterocycles. The maximum Gasteiger partial charge on any atom is 0.341 e. The molecule has 0 saturated carbocycles. The molecule has 5 rings (SSSR count).